The third-order valence-electron chi connectivity index (χ3n) is 5.65. The molecule has 2 atom stereocenters. The number of carbonyl (C=O) groups is 2. The van der Waals surface area contributed by atoms with Crippen LogP contribution in [0.2, 0.25) is 0 Å². The number of thioether (sulfide) groups is 2. The maximum atomic E-state index is 12.9. The zero-order chi connectivity index (χ0) is 21.2. The van der Waals surface area contributed by atoms with E-state index in [4.69, 9.17) is 4.74 Å². The van der Waals surface area contributed by atoms with Crippen molar-refractivity contribution in [3.8, 4) is 5.75 Å². The number of hydrogen-bond donors (Lipinski definition) is 3. The molecule has 2 aliphatic rings. The second-order valence-electron chi connectivity index (χ2n) is 7.94. The van der Waals surface area contributed by atoms with Crippen LogP contribution in [0.4, 0.5) is 0 Å². The van der Waals surface area contributed by atoms with Crippen LogP contribution >= 0.6 is 35.9 Å². The van der Waals surface area contributed by atoms with Crippen LogP contribution in [0.1, 0.15) is 37.7 Å². The third-order valence-corrected chi connectivity index (χ3v) is 7.87. The van der Waals surface area contributed by atoms with E-state index in [1.165, 1.54) is 32.1 Å². The first-order chi connectivity index (χ1) is 14.7. The first kappa shape index (κ1) is 26.2. The summed E-state index contributed by atoms with van der Waals surface area (Å²) in [6.07, 6.45) is 6.56. The highest BCUT2D eigenvalue weighted by Gasteiger charge is 2.28. The fraction of sp³-hybridized carbons (Fsp3) is 0.636. The minimum absolute atomic E-state index is 0. The maximum absolute atomic E-state index is 12.9. The lowest BCUT2D eigenvalue weighted by molar-refractivity contribution is -0.129. The van der Waals surface area contributed by atoms with E-state index in [9.17, 15) is 9.59 Å². The van der Waals surface area contributed by atoms with Crippen LogP contribution in [0.15, 0.2) is 24.3 Å². The Balaban J connectivity index is 0.00000341. The van der Waals surface area contributed by atoms with Crippen molar-refractivity contribution >= 4 is 47.7 Å². The average molecular weight is 488 g/mol. The minimum Gasteiger partial charge on any atom is -0.497 e. The van der Waals surface area contributed by atoms with E-state index >= 15 is 0 Å². The molecule has 1 aliphatic carbocycles. The zero-order valence-electron chi connectivity index (χ0n) is 18.1. The van der Waals surface area contributed by atoms with Crippen molar-refractivity contribution < 1.29 is 14.3 Å². The molecular formula is C22H34ClN3O3S2. The van der Waals surface area contributed by atoms with Gasteiger partial charge in [-0.2, -0.15) is 11.8 Å². The van der Waals surface area contributed by atoms with Gasteiger partial charge in [-0.15, -0.1) is 24.2 Å². The molecule has 0 radical (unpaired) electrons. The van der Waals surface area contributed by atoms with Gasteiger partial charge < -0.3 is 15.4 Å². The Hall–Kier alpha value is -1.09. The number of amides is 2. The minimum atomic E-state index is -0.517. The van der Waals surface area contributed by atoms with Crippen molar-refractivity contribution in [2.45, 2.75) is 50.7 Å². The summed E-state index contributed by atoms with van der Waals surface area (Å²) < 4.78 is 5.17. The molecule has 174 valence electrons. The molecule has 9 heteroatoms. The fourth-order valence-electron chi connectivity index (χ4n) is 3.78. The van der Waals surface area contributed by atoms with Crippen LogP contribution in [-0.4, -0.2) is 54.1 Å². The summed E-state index contributed by atoms with van der Waals surface area (Å²) in [4.78, 5) is 25.5. The van der Waals surface area contributed by atoms with Gasteiger partial charge in [0.1, 0.15) is 11.8 Å². The Morgan fingerprint density at radius 2 is 1.97 bits per heavy atom. The lowest BCUT2D eigenvalue weighted by Crippen LogP contribution is -2.53. The van der Waals surface area contributed by atoms with E-state index in [1.807, 2.05) is 24.3 Å². The van der Waals surface area contributed by atoms with Crippen molar-refractivity contribution in [1.29, 1.82) is 0 Å². The quantitative estimate of drug-likeness (QED) is 0.470. The van der Waals surface area contributed by atoms with Crippen molar-refractivity contribution in [2.24, 2.45) is 5.92 Å². The molecule has 1 aromatic carbocycles. The van der Waals surface area contributed by atoms with Crippen LogP contribution < -0.4 is 20.7 Å². The fourth-order valence-corrected chi connectivity index (χ4v) is 6.00. The highest BCUT2D eigenvalue weighted by molar-refractivity contribution is 7.99. The first-order valence-electron chi connectivity index (χ1n) is 10.8. The Morgan fingerprint density at radius 1 is 1.23 bits per heavy atom. The molecule has 1 aromatic rings. The largest absolute Gasteiger partial charge is 0.497 e. The maximum Gasteiger partial charge on any atom is 0.243 e. The molecule has 1 saturated carbocycles. The van der Waals surface area contributed by atoms with E-state index in [1.54, 1.807) is 30.6 Å². The van der Waals surface area contributed by atoms with Crippen molar-refractivity contribution in [3.05, 3.63) is 29.8 Å². The standard InChI is InChI=1S/C22H33N3O3S2.ClH/c1-28-18-9-7-16(8-10-18)11-23-21(26)20(25-22(27)19-13-30-15-24-19)14-29-12-17-5-3-2-4-6-17;/h7-10,17,19-20,24H,2-6,11-15H2,1H3,(H,23,26)(H,25,27);1H/t19-,20-;/m0./s1. The smallest absolute Gasteiger partial charge is 0.243 e. The van der Waals surface area contributed by atoms with Gasteiger partial charge >= 0.3 is 0 Å². The molecule has 3 N–H and O–H groups in total. The molecule has 0 bridgehead atoms. The summed E-state index contributed by atoms with van der Waals surface area (Å²) in [5.41, 5.74) is 0.998. The van der Waals surface area contributed by atoms with Crippen LogP contribution in [0, 0.1) is 5.92 Å². The summed E-state index contributed by atoms with van der Waals surface area (Å²) in [6, 6.07) is 6.90. The number of hydrogen-bond acceptors (Lipinski definition) is 6. The molecule has 3 rings (SSSR count). The van der Waals surface area contributed by atoms with E-state index in [-0.39, 0.29) is 30.3 Å². The van der Waals surface area contributed by atoms with Gasteiger partial charge in [-0.3, -0.25) is 14.9 Å². The number of benzene rings is 1. The van der Waals surface area contributed by atoms with Gasteiger partial charge in [0.05, 0.1) is 13.2 Å². The summed E-state index contributed by atoms with van der Waals surface area (Å²) >= 11 is 3.49. The van der Waals surface area contributed by atoms with Crippen molar-refractivity contribution in [1.82, 2.24) is 16.0 Å². The van der Waals surface area contributed by atoms with Crippen molar-refractivity contribution in [2.75, 3.05) is 30.2 Å². The SMILES string of the molecule is COc1ccc(CNC(=O)[C@H](CSCC2CCCCC2)NC(=O)[C@@H]2CSCN2)cc1.Cl. The predicted octanol–water partition coefficient (Wildman–Crippen LogP) is 3.19. The van der Waals surface area contributed by atoms with Gasteiger partial charge in [0.15, 0.2) is 0 Å². The van der Waals surface area contributed by atoms with Crippen LogP contribution in [0.5, 0.6) is 5.75 Å². The molecule has 0 unspecified atom stereocenters. The summed E-state index contributed by atoms with van der Waals surface area (Å²) in [5.74, 6) is 4.53. The molecular weight excluding hydrogens is 454 g/mol. The van der Waals surface area contributed by atoms with Gasteiger partial charge in [0, 0.05) is 23.9 Å². The first-order valence-corrected chi connectivity index (χ1v) is 13.1. The highest BCUT2D eigenvalue weighted by Crippen LogP contribution is 2.27. The van der Waals surface area contributed by atoms with Gasteiger partial charge in [-0.25, -0.2) is 0 Å². The van der Waals surface area contributed by atoms with Gasteiger partial charge in [-0.05, 0) is 42.2 Å². The van der Waals surface area contributed by atoms with E-state index in [0.717, 1.165) is 34.6 Å². The van der Waals surface area contributed by atoms with Crippen LogP contribution in [0.3, 0.4) is 0 Å². The van der Waals surface area contributed by atoms with E-state index < -0.39 is 6.04 Å². The predicted molar refractivity (Wildman–Crippen MR) is 132 cm³/mol. The lowest BCUT2D eigenvalue weighted by atomic mass is 9.91. The van der Waals surface area contributed by atoms with Gasteiger partial charge in [0.25, 0.3) is 0 Å². The number of carbonyl (C=O) groups excluding carboxylic acids is 2. The topological polar surface area (TPSA) is 79.5 Å². The summed E-state index contributed by atoms with van der Waals surface area (Å²) in [6.45, 7) is 0.431. The number of methoxy groups -OCH3 is 1. The Labute approximate surface area is 200 Å². The second kappa shape index (κ2) is 14.1. The summed E-state index contributed by atoms with van der Waals surface area (Å²) in [7, 11) is 1.63. The lowest BCUT2D eigenvalue weighted by Gasteiger charge is -2.23. The van der Waals surface area contributed by atoms with E-state index in [2.05, 4.69) is 16.0 Å². The molecule has 0 spiro atoms. The Kier molecular flexibility index (Phi) is 11.9. The third kappa shape index (κ3) is 8.75. The number of ether oxygens (including phenoxy) is 1. The van der Waals surface area contributed by atoms with Gasteiger partial charge in [-0.1, -0.05) is 31.4 Å². The van der Waals surface area contributed by atoms with Gasteiger partial charge in [0.2, 0.25) is 11.8 Å². The second-order valence-corrected chi connectivity index (χ2v) is 10.0. The zero-order valence-corrected chi connectivity index (χ0v) is 20.5. The summed E-state index contributed by atoms with van der Waals surface area (Å²) in [5, 5.41) is 9.15. The molecule has 0 aromatic heterocycles. The molecule has 2 fully saturated rings. The number of rotatable bonds is 10. The van der Waals surface area contributed by atoms with E-state index in [0.29, 0.717) is 12.3 Å². The van der Waals surface area contributed by atoms with Crippen molar-refractivity contribution in [3.63, 3.8) is 0 Å². The molecule has 1 aliphatic heterocycles. The van der Waals surface area contributed by atoms with Crippen LogP contribution in [-0.2, 0) is 16.1 Å². The normalized spacial score (nSPS) is 19.8. The monoisotopic (exact) mass is 487 g/mol. The molecule has 2 amide bonds. The Morgan fingerprint density at radius 3 is 2.61 bits per heavy atom. The Bertz CT molecular complexity index is 681. The molecule has 1 saturated heterocycles. The number of halogens is 1. The van der Waals surface area contributed by atoms with Crippen LogP contribution in [0.25, 0.3) is 0 Å². The molecule has 6 nitrogen and oxygen atoms in total. The number of nitrogens with one attached hydrogen (secondary N) is 3. The molecule has 1 heterocycles. The highest BCUT2D eigenvalue weighted by atomic mass is 35.5. The molecule has 31 heavy (non-hydrogen) atoms. The average Bonchev–Trinajstić information content (AvgIpc) is 3.33.